The van der Waals surface area contributed by atoms with Crippen LogP contribution in [0.15, 0.2) is 0 Å². The second-order valence-electron chi connectivity index (χ2n) is 4.88. The Morgan fingerprint density at radius 2 is 1.87 bits per heavy atom. The summed E-state index contributed by atoms with van der Waals surface area (Å²) in [4.78, 5) is 23.3. The second kappa shape index (κ2) is 4.33. The first-order chi connectivity index (χ1) is 6.96. The average Bonchev–Trinajstić information content (AvgIpc) is 2.15. The van der Waals surface area contributed by atoms with E-state index in [1.165, 1.54) is 0 Å². The van der Waals surface area contributed by atoms with Gasteiger partial charge >= 0.3 is 0 Å². The molecule has 1 N–H and O–H groups in total. The van der Waals surface area contributed by atoms with E-state index >= 15 is 0 Å². The predicted molar refractivity (Wildman–Crippen MR) is 59.1 cm³/mol. The lowest BCUT2D eigenvalue weighted by atomic mass is 9.63. The predicted octanol–water partition coefficient (Wildman–Crippen LogP) is 2.11. The van der Waals surface area contributed by atoms with Gasteiger partial charge in [-0.15, -0.1) is 0 Å². The minimum Gasteiger partial charge on any atom is -0.296 e. The van der Waals surface area contributed by atoms with Gasteiger partial charge in [-0.1, -0.05) is 27.7 Å². The summed E-state index contributed by atoms with van der Waals surface area (Å²) in [6.07, 6.45) is 2.28. The molecule has 15 heavy (non-hydrogen) atoms. The molecule has 0 bridgehead atoms. The molecule has 3 heteroatoms. The van der Waals surface area contributed by atoms with Crippen LogP contribution in [0.4, 0.5) is 0 Å². The lowest BCUT2D eigenvalue weighted by Gasteiger charge is -2.43. The molecule has 0 aromatic rings. The van der Waals surface area contributed by atoms with Gasteiger partial charge in [-0.05, 0) is 24.2 Å². The van der Waals surface area contributed by atoms with E-state index in [1.54, 1.807) is 0 Å². The van der Waals surface area contributed by atoms with Crippen molar-refractivity contribution in [3.05, 3.63) is 0 Å². The van der Waals surface area contributed by atoms with Crippen molar-refractivity contribution >= 4 is 11.8 Å². The van der Waals surface area contributed by atoms with E-state index in [0.717, 1.165) is 12.8 Å². The number of rotatable bonds is 3. The standard InChI is InChI=1S/C12H21NO2/c1-5-12(6-2)7-9(14)13-11(15)10(12)8(3)4/h8,10H,5-7H2,1-4H3,(H,13,14,15). The minimum absolute atomic E-state index is 0.0230. The highest BCUT2D eigenvalue weighted by Gasteiger charge is 2.47. The van der Waals surface area contributed by atoms with Crippen molar-refractivity contribution in [2.75, 3.05) is 0 Å². The molecule has 3 nitrogen and oxygen atoms in total. The van der Waals surface area contributed by atoms with Crippen LogP contribution in [-0.2, 0) is 9.59 Å². The Morgan fingerprint density at radius 3 is 2.27 bits per heavy atom. The van der Waals surface area contributed by atoms with Crippen LogP contribution >= 0.6 is 0 Å². The molecule has 0 aromatic carbocycles. The fraction of sp³-hybridized carbons (Fsp3) is 0.833. The molecule has 1 aliphatic rings. The fourth-order valence-electron chi connectivity index (χ4n) is 2.92. The van der Waals surface area contributed by atoms with Crippen LogP contribution in [0.5, 0.6) is 0 Å². The number of piperidine rings is 1. The van der Waals surface area contributed by atoms with Crippen LogP contribution in [0.1, 0.15) is 47.0 Å². The number of carbonyl (C=O) groups is 2. The maximum Gasteiger partial charge on any atom is 0.230 e. The van der Waals surface area contributed by atoms with Crippen molar-refractivity contribution in [2.24, 2.45) is 17.3 Å². The zero-order valence-corrected chi connectivity index (χ0v) is 10.1. The minimum atomic E-state index is -0.117. The van der Waals surface area contributed by atoms with Crippen LogP contribution in [0.2, 0.25) is 0 Å². The monoisotopic (exact) mass is 211 g/mol. The topological polar surface area (TPSA) is 46.2 Å². The third-order valence-electron chi connectivity index (χ3n) is 3.79. The van der Waals surface area contributed by atoms with E-state index < -0.39 is 0 Å². The highest BCUT2D eigenvalue weighted by atomic mass is 16.2. The molecule has 0 radical (unpaired) electrons. The Labute approximate surface area is 91.6 Å². The van der Waals surface area contributed by atoms with Crippen molar-refractivity contribution in [3.63, 3.8) is 0 Å². The van der Waals surface area contributed by atoms with E-state index in [1.807, 2.05) is 0 Å². The SMILES string of the molecule is CCC1(CC)CC(=O)NC(=O)C1C(C)C. The Balaban J connectivity index is 3.06. The summed E-state index contributed by atoms with van der Waals surface area (Å²) in [6, 6.07) is 0. The molecule has 0 saturated carbocycles. The number of carbonyl (C=O) groups excluding carboxylic acids is 2. The molecule has 1 fully saturated rings. The van der Waals surface area contributed by atoms with Gasteiger partial charge in [-0.2, -0.15) is 0 Å². The van der Waals surface area contributed by atoms with Gasteiger partial charge in [0.15, 0.2) is 0 Å². The summed E-state index contributed by atoms with van der Waals surface area (Å²) in [5, 5.41) is 2.46. The number of nitrogens with one attached hydrogen (secondary N) is 1. The molecule has 1 rings (SSSR count). The van der Waals surface area contributed by atoms with Crippen molar-refractivity contribution in [2.45, 2.75) is 47.0 Å². The van der Waals surface area contributed by atoms with Crippen LogP contribution in [0, 0.1) is 17.3 Å². The van der Waals surface area contributed by atoms with Gasteiger partial charge in [-0.3, -0.25) is 14.9 Å². The van der Waals surface area contributed by atoms with E-state index in [9.17, 15) is 9.59 Å². The summed E-state index contributed by atoms with van der Waals surface area (Å²) in [7, 11) is 0. The van der Waals surface area contributed by atoms with Gasteiger partial charge in [-0.25, -0.2) is 0 Å². The summed E-state index contributed by atoms with van der Waals surface area (Å²) < 4.78 is 0. The summed E-state index contributed by atoms with van der Waals surface area (Å²) >= 11 is 0. The van der Waals surface area contributed by atoms with Gasteiger partial charge in [0.25, 0.3) is 0 Å². The zero-order chi connectivity index (χ0) is 11.6. The molecule has 0 aromatic heterocycles. The molecule has 0 spiro atoms. The molecule has 0 aliphatic carbocycles. The van der Waals surface area contributed by atoms with Gasteiger partial charge < -0.3 is 0 Å². The highest BCUT2D eigenvalue weighted by molar-refractivity contribution is 5.99. The Kier molecular flexibility index (Phi) is 3.53. The van der Waals surface area contributed by atoms with Crippen LogP contribution in [0.3, 0.4) is 0 Å². The first kappa shape index (κ1) is 12.2. The van der Waals surface area contributed by atoms with Crippen molar-refractivity contribution < 1.29 is 9.59 Å². The average molecular weight is 211 g/mol. The first-order valence-electron chi connectivity index (χ1n) is 5.80. The third kappa shape index (κ3) is 2.06. The van der Waals surface area contributed by atoms with Gasteiger partial charge in [0.05, 0.1) is 0 Å². The number of amides is 2. The Hall–Kier alpha value is -0.860. The maximum absolute atomic E-state index is 11.8. The largest absolute Gasteiger partial charge is 0.296 e. The number of imide groups is 1. The van der Waals surface area contributed by atoms with E-state index in [-0.39, 0.29) is 29.1 Å². The molecular formula is C12H21NO2. The smallest absolute Gasteiger partial charge is 0.230 e. The summed E-state index contributed by atoms with van der Waals surface area (Å²) in [5.41, 5.74) is -0.117. The summed E-state index contributed by atoms with van der Waals surface area (Å²) in [6.45, 7) is 8.26. The quantitative estimate of drug-likeness (QED) is 0.727. The molecule has 1 atom stereocenters. The van der Waals surface area contributed by atoms with Crippen LogP contribution in [0.25, 0.3) is 0 Å². The molecule has 1 unspecified atom stereocenters. The summed E-state index contributed by atoms with van der Waals surface area (Å²) in [5.74, 6) is 0.0775. The van der Waals surface area contributed by atoms with Crippen molar-refractivity contribution in [1.29, 1.82) is 0 Å². The molecule has 1 heterocycles. The maximum atomic E-state index is 11.8. The fourth-order valence-corrected chi connectivity index (χ4v) is 2.92. The van der Waals surface area contributed by atoms with Crippen molar-refractivity contribution in [1.82, 2.24) is 5.32 Å². The lowest BCUT2D eigenvalue weighted by Crippen LogP contribution is -2.53. The molecular weight excluding hydrogens is 190 g/mol. The van der Waals surface area contributed by atoms with Gasteiger partial charge in [0, 0.05) is 12.3 Å². The highest BCUT2D eigenvalue weighted by Crippen LogP contribution is 2.44. The third-order valence-corrected chi connectivity index (χ3v) is 3.79. The molecule has 1 saturated heterocycles. The van der Waals surface area contributed by atoms with Crippen molar-refractivity contribution in [3.8, 4) is 0 Å². The van der Waals surface area contributed by atoms with E-state index in [0.29, 0.717) is 6.42 Å². The number of hydrogen-bond donors (Lipinski definition) is 1. The van der Waals surface area contributed by atoms with Crippen LogP contribution in [-0.4, -0.2) is 11.8 Å². The van der Waals surface area contributed by atoms with Gasteiger partial charge in [0.1, 0.15) is 0 Å². The van der Waals surface area contributed by atoms with E-state index in [2.05, 4.69) is 33.0 Å². The molecule has 2 amide bonds. The molecule has 1 aliphatic heterocycles. The lowest BCUT2D eigenvalue weighted by molar-refractivity contribution is -0.146. The van der Waals surface area contributed by atoms with Crippen LogP contribution < -0.4 is 5.32 Å². The Morgan fingerprint density at radius 1 is 1.33 bits per heavy atom. The number of hydrogen-bond acceptors (Lipinski definition) is 2. The zero-order valence-electron chi connectivity index (χ0n) is 10.1. The normalized spacial score (nSPS) is 25.5. The van der Waals surface area contributed by atoms with Gasteiger partial charge in [0.2, 0.25) is 11.8 Å². The Bertz CT molecular complexity index is 267. The van der Waals surface area contributed by atoms with E-state index in [4.69, 9.17) is 0 Å². The first-order valence-corrected chi connectivity index (χ1v) is 5.80. The second-order valence-corrected chi connectivity index (χ2v) is 4.88. The molecule has 86 valence electrons.